The molecule has 0 saturated heterocycles. The SMILES string of the molecule is CCCC(Nc1ccccc1S(=O)(=O)N(C)C)C(=O)O. The lowest BCUT2D eigenvalue weighted by Gasteiger charge is -2.19. The van der Waals surface area contributed by atoms with Gasteiger partial charge in [0.15, 0.2) is 0 Å². The number of nitrogens with zero attached hydrogens (tertiary/aromatic N) is 1. The molecule has 0 fully saturated rings. The topological polar surface area (TPSA) is 86.7 Å². The lowest BCUT2D eigenvalue weighted by atomic mass is 10.1. The minimum absolute atomic E-state index is 0.0763. The van der Waals surface area contributed by atoms with E-state index in [4.69, 9.17) is 5.11 Å². The molecule has 0 aliphatic carbocycles. The smallest absolute Gasteiger partial charge is 0.326 e. The van der Waals surface area contributed by atoms with Crippen LogP contribution in [0.5, 0.6) is 0 Å². The fourth-order valence-electron chi connectivity index (χ4n) is 1.74. The molecule has 0 saturated carbocycles. The van der Waals surface area contributed by atoms with Gasteiger partial charge < -0.3 is 10.4 Å². The van der Waals surface area contributed by atoms with E-state index in [-0.39, 0.29) is 4.90 Å². The maximum Gasteiger partial charge on any atom is 0.326 e. The first kappa shape index (κ1) is 16.5. The number of carbonyl (C=O) groups is 1. The highest BCUT2D eigenvalue weighted by molar-refractivity contribution is 7.89. The maximum absolute atomic E-state index is 12.2. The second-order valence-corrected chi connectivity index (χ2v) is 6.73. The van der Waals surface area contributed by atoms with Crippen molar-refractivity contribution in [3.05, 3.63) is 24.3 Å². The molecule has 1 unspecified atom stereocenters. The van der Waals surface area contributed by atoms with Gasteiger partial charge in [0, 0.05) is 14.1 Å². The highest BCUT2D eigenvalue weighted by Gasteiger charge is 2.24. The summed E-state index contributed by atoms with van der Waals surface area (Å²) in [6.45, 7) is 1.88. The van der Waals surface area contributed by atoms with Gasteiger partial charge in [0.05, 0.1) is 5.69 Å². The van der Waals surface area contributed by atoms with Crippen molar-refractivity contribution in [3.63, 3.8) is 0 Å². The Morgan fingerprint density at radius 2 is 1.95 bits per heavy atom. The number of sulfonamides is 1. The van der Waals surface area contributed by atoms with E-state index in [9.17, 15) is 13.2 Å². The molecule has 1 aromatic rings. The number of carboxylic acid groups (broad SMARTS) is 1. The number of hydrogen-bond donors (Lipinski definition) is 2. The van der Waals surface area contributed by atoms with Gasteiger partial charge in [-0.2, -0.15) is 0 Å². The summed E-state index contributed by atoms with van der Waals surface area (Å²) in [6.07, 6.45) is 1.11. The van der Waals surface area contributed by atoms with Crippen LogP contribution >= 0.6 is 0 Å². The van der Waals surface area contributed by atoms with Crippen LogP contribution in [0.3, 0.4) is 0 Å². The van der Waals surface area contributed by atoms with Crippen molar-refractivity contribution in [3.8, 4) is 0 Å². The molecule has 20 heavy (non-hydrogen) atoms. The molecule has 112 valence electrons. The summed E-state index contributed by atoms with van der Waals surface area (Å²) in [5.74, 6) is -0.996. The third-order valence-corrected chi connectivity index (χ3v) is 4.72. The number of para-hydroxylation sites is 1. The monoisotopic (exact) mass is 300 g/mol. The van der Waals surface area contributed by atoms with Gasteiger partial charge in [-0.05, 0) is 18.6 Å². The molecule has 0 radical (unpaired) electrons. The molecule has 6 nitrogen and oxygen atoms in total. The Balaban J connectivity index is 3.17. The molecule has 0 aliphatic heterocycles. The van der Waals surface area contributed by atoms with E-state index in [2.05, 4.69) is 5.32 Å². The molecular weight excluding hydrogens is 280 g/mol. The molecule has 0 heterocycles. The fraction of sp³-hybridized carbons (Fsp3) is 0.462. The number of rotatable bonds is 7. The first-order chi connectivity index (χ1) is 9.30. The Hall–Kier alpha value is -1.60. The van der Waals surface area contributed by atoms with Gasteiger partial charge in [0.1, 0.15) is 10.9 Å². The van der Waals surface area contributed by atoms with E-state index in [1.807, 2.05) is 6.92 Å². The summed E-state index contributed by atoms with van der Waals surface area (Å²) in [6, 6.07) is 5.50. The number of nitrogens with one attached hydrogen (secondary N) is 1. The largest absolute Gasteiger partial charge is 0.480 e. The third-order valence-electron chi connectivity index (χ3n) is 2.85. The molecule has 0 amide bonds. The van der Waals surface area contributed by atoms with E-state index < -0.39 is 22.0 Å². The molecule has 0 bridgehead atoms. The zero-order valence-corrected chi connectivity index (χ0v) is 12.6. The fourth-order valence-corrected chi connectivity index (χ4v) is 2.79. The van der Waals surface area contributed by atoms with Gasteiger partial charge in [0.2, 0.25) is 10.0 Å². The molecule has 0 aliphatic rings. The zero-order chi connectivity index (χ0) is 15.3. The van der Waals surface area contributed by atoms with Gasteiger partial charge in [-0.25, -0.2) is 17.5 Å². The van der Waals surface area contributed by atoms with Crippen molar-refractivity contribution < 1.29 is 18.3 Å². The van der Waals surface area contributed by atoms with Crippen molar-refractivity contribution in [2.45, 2.75) is 30.7 Å². The first-order valence-electron chi connectivity index (χ1n) is 6.31. The molecule has 2 N–H and O–H groups in total. The van der Waals surface area contributed by atoms with Crippen LogP contribution in [0, 0.1) is 0 Å². The van der Waals surface area contributed by atoms with Gasteiger partial charge in [0.25, 0.3) is 0 Å². The maximum atomic E-state index is 12.2. The van der Waals surface area contributed by atoms with Crippen LogP contribution < -0.4 is 5.32 Å². The van der Waals surface area contributed by atoms with E-state index in [0.717, 1.165) is 4.31 Å². The van der Waals surface area contributed by atoms with Crippen LogP contribution in [0.25, 0.3) is 0 Å². The van der Waals surface area contributed by atoms with Crippen LogP contribution in [0.2, 0.25) is 0 Å². The second-order valence-electron chi connectivity index (χ2n) is 4.61. The Morgan fingerprint density at radius 1 is 1.35 bits per heavy atom. The van der Waals surface area contributed by atoms with E-state index in [1.165, 1.54) is 20.2 Å². The van der Waals surface area contributed by atoms with Gasteiger partial charge in [-0.1, -0.05) is 25.5 Å². The van der Waals surface area contributed by atoms with Crippen LogP contribution in [0.15, 0.2) is 29.2 Å². The molecule has 0 spiro atoms. The van der Waals surface area contributed by atoms with Gasteiger partial charge >= 0.3 is 5.97 Å². The van der Waals surface area contributed by atoms with Crippen molar-refractivity contribution >= 4 is 21.7 Å². The van der Waals surface area contributed by atoms with E-state index in [0.29, 0.717) is 18.5 Å². The normalized spacial score (nSPS) is 13.2. The molecule has 7 heteroatoms. The Bertz CT molecular complexity index is 569. The molecule has 1 rings (SSSR count). The first-order valence-corrected chi connectivity index (χ1v) is 7.75. The number of aliphatic carboxylic acids is 1. The lowest BCUT2D eigenvalue weighted by molar-refractivity contribution is -0.138. The highest BCUT2D eigenvalue weighted by atomic mass is 32.2. The van der Waals surface area contributed by atoms with Gasteiger partial charge in [-0.3, -0.25) is 0 Å². The number of benzene rings is 1. The summed E-state index contributed by atoms with van der Waals surface area (Å²) < 4.78 is 25.5. The predicted octanol–water partition coefficient (Wildman–Crippen LogP) is 1.60. The van der Waals surface area contributed by atoms with E-state index in [1.54, 1.807) is 18.2 Å². The van der Waals surface area contributed by atoms with Crippen LogP contribution in [-0.4, -0.2) is 43.9 Å². The average Bonchev–Trinajstić information content (AvgIpc) is 2.38. The summed E-state index contributed by atoms with van der Waals surface area (Å²) >= 11 is 0. The second kappa shape index (κ2) is 6.71. The minimum Gasteiger partial charge on any atom is -0.480 e. The Labute approximate surface area is 119 Å². The highest BCUT2D eigenvalue weighted by Crippen LogP contribution is 2.24. The van der Waals surface area contributed by atoms with Crippen molar-refractivity contribution in [2.24, 2.45) is 0 Å². The third kappa shape index (κ3) is 3.71. The summed E-state index contributed by atoms with van der Waals surface area (Å²) in [4.78, 5) is 11.2. The number of anilines is 1. The van der Waals surface area contributed by atoms with Crippen molar-refractivity contribution in [2.75, 3.05) is 19.4 Å². The van der Waals surface area contributed by atoms with Crippen molar-refractivity contribution in [1.82, 2.24) is 4.31 Å². The van der Waals surface area contributed by atoms with E-state index >= 15 is 0 Å². The van der Waals surface area contributed by atoms with Crippen LogP contribution in [-0.2, 0) is 14.8 Å². The zero-order valence-electron chi connectivity index (χ0n) is 11.8. The summed E-state index contributed by atoms with van der Waals surface area (Å²) in [5, 5.41) is 11.9. The number of carboxylic acids is 1. The Morgan fingerprint density at radius 3 is 2.45 bits per heavy atom. The summed E-state index contributed by atoms with van der Waals surface area (Å²) in [5.41, 5.74) is 0.307. The average molecular weight is 300 g/mol. The molecule has 1 aromatic carbocycles. The van der Waals surface area contributed by atoms with Crippen LogP contribution in [0.1, 0.15) is 19.8 Å². The standard InChI is InChI=1S/C13H20N2O4S/c1-4-7-11(13(16)17)14-10-8-5-6-9-12(10)20(18,19)15(2)3/h5-6,8-9,11,14H,4,7H2,1-3H3,(H,16,17). The molecule has 1 atom stereocenters. The molecule has 0 aromatic heterocycles. The minimum atomic E-state index is -3.62. The molecular formula is C13H20N2O4S. The lowest BCUT2D eigenvalue weighted by Crippen LogP contribution is -2.30. The predicted molar refractivity (Wildman–Crippen MR) is 77.3 cm³/mol. The summed E-state index contributed by atoms with van der Waals surface area (Å²) in [7, 11) is -0.741. The quantitative estimate of drug-likeness (QED) is 0.798. The number of hydrogen-bond acceptors (Lipinski definition) is 4. The van der Waals surface area contributed by atoms with Crippen LogP contribution in [0.4, 0.5) is 5.69 Å². The van der Waals surface area contributed by atoms with Crippen molar-refractivity contribution in [1.29, 1.82) is 0 Å². The van der Waals surface area contributed by atoms with Gasteiger partial charge in [-0.15, -0.1) is 0 Å². The Kier molecular flexibility index (Phi) is 5.52.